The Morgan fingerprint density at radius 2 is 1.09 bits per heavy atom. The van der Waals surface area contributed by atoms with Gasteiger partial charge in [0.2, 0.25) is 76.8 Å². The minimum Gasteiger partial charge on any atom is -0.497 e. The summed E-state index contributed by atoms with van der Waals surface area (Å²) in [7, 11) is 1.49. The highest BCUT2D eigenvalue weighted by molar-refractivity contribution is 14.1. The smallest absolute Gasteiger partial charge is 0.245 e. The van der Waals surface area contributed by atoms with Gasteiger partial charge in [-0.05, 0) is 93.5 Å². The molecule has 9 atom stereocenters. The first-order valence-electron chi connectivity index (χ1n) is 30.7. The maximum Gasteiger partial charge on any atom is 0.245 e. The predicted molar refractivity (Wildman–Crippen MR) is 353 cm³/mol. The number of methoxy groups -OCH3 is 1. The van der Waals surface area contributed by atoms with Crippen LogP contribution in [0.1, 0.15) is 101 Å². The van der Waals surface area contributed by atoms with E-state index >= 15 is 0 Å². The molecule has 1 aliphatic heterocycles. The number of nitrogens with one attached hydrogen (secondary N) is 11. The van der Waals surface area contributed by atoms with E-state index in [0.717, 1.165) is 4.90 Å². The van der Waals surface area contributed by atoms with E-state index in [1.54, 1.807) is 84.9 Å². The quantitative estimate of drug-likeness (QED) is 0.00669. The Hall–Kier alpha value is -9.47. The number of nitrogens with two attached hydrogens (primary N) is 5. The molecule has 512 valence electrons. The van der Waals surface area contributed by atoms with Crippen molar-refractivity contribution < 1.29 is 67.1 Å². The first kappa shape index (κ1) is 77.0. The van der Waals surface area contributed by atoms with E-state index in [9.17, 15) is 62.3 Å². The van der Waals surface area contributed by atoms with Crippen molar-refractivity contribution >= 4 is 105 Å². The number of benzene rings is 3. The molecule has 0 bridgehead atoms. The van der Waals surface area contributed by atoms with E-state index in [1.807, 2.05) is 22.6 Å². The maximum atomic E-state index is 14.5. The van der Waals surface area contributed by atoms with Gasteiger partial charge in [0.1, 0.15) is 54.1 Å². The van der Waals surface area contributed by atoms with Gasteiger partial charge in [-0.1, -0.05) is 95.4 Å². The zero-order valence-electron chi connectivity index (χ0n) is 52.6. The number of alkyl halides is 1. The number of halogens is 1. The van der Waals surface area contributed by atoms with Crippen molar-refractivity contribution in [1.29, 1.82) is 5.41 Å². The number of carbonyl (C=O) groups excluding carboxylic acids is 13. The Balaban J connectivity index is 1.48. The van der Waals surface area contributed by atoms with Crippen molar-refractivity contribution in [2.24, 2.45) is 28.7 Å². The number of nitrogens with zero attached hydrogens (tertiary/aromatic N) is 1. The molecule has 31 nitrogen and oxygen atoms in total. The molecular weight excluding hydrogens is 1330 g/mol. The largest absolute Gasteiger partial charge is 0.497 e. The average Bonchev–Trinajstić information content (AvgIpc) is 1.59. The van der Waals surface area contributed by atoms with Gasteiger partial charge in [0.25, 0.3) is 0 Å². The molecule has 1 aliphatic rings. The number of ether oxygens (including phenoxy) is 1. The van der Waals surface area contributed by atoms with Crippen LogP contribution in [0.3, 0.4) is 0 Å². The van der Waals surface area contributed by atoms with Crippen LogP contribution in [-0.2, 0) is 81.6 Å². The van der Waals surface area contributed by atoms with E-state index in [-0.39, 0.29) is 82.9 Å². The molecule has 3 aromatic rings. The molecule has 0 saturated carbocycles. The van der Waals surface area contributed by atoms with Gasteiger partial charge in [0, 0.05) is 45.3 Å². The SMILES string of the molecule is COc1ccc(C[C@H](NC(=O)Cc2ccccc2)C(=O)N[C@@H](Cc2ccccc2)C(=O)N[C@H](CCC(N)=O)C(=O)N[C@@H](CC(N)=O)C(=O)N[C@H](C)C(=O)N2CCC[C@H]2C(=O)N[C@H](CCCNC(=N)N)C(=O)N[C@@H](CCC(=O)NCCCC[C@@H](N)C(=O)NCI)C(N)=O)cc1. The Bertz CT molecular complexity index is 3090. The van der Waals surface area contributed by atoms with Crippen LogP contribution >= 0.6 is 22.6 Å². The second kappa shape index (κ2) is 40.5. The Kier molecular flexibility index (Phi) is 33.2. The van der Waals surface area contributed by atoms with Gasteiger partial charge in [-0.2, -0.15) is 0 Å². The van der Waals surface area contributed by atoms with Gasteiger partial charge in [0.05, 0.1) is 30.5 Å². The van der Waals surface area contributed by atoms with Gasteiger partial charge in [-0.3, -0.25) is 67.7 Å². The zero-order valence-corrected chi connectivity index (χ0v) is 54.8. The van der Waals surface area contributed by atoms with Crippen LogP contribution in [0.25, 0.3) is 0 Å². The fourth-order valence-corrected chi connectivity index (χ4v) is 10.4. The van der Waals surface area contributed by atoms with Crippen LogP contribution in [0.5, 0.6) is 5.75 Å². The third-order valence-electron chi connectivity index (χ3n) is 15.1. The third kappa shape index (κ3) is 27.8. The second-order valence-corrected chi connectivity index (χ2v) is 23.2. The lowest BCUT2D eigenvalue weighted by Gasteiger charge is -2.30. The highest BCUT2D eigenvalue weighted by atomic mass is 127. The molecule has 1 fully saturated rings. The maximum absolute atomic E-state index is 14.5. The van der Waals surface area contributed by atoms with Crippen molar-refractivity contribution in [3.63, 3.8) is 0 Å². The number of hydrogen-bond donors (Lipinski definition) is 16. The minimum atomic E-state index is -1.80. The molecule has 13 amide bonds. The lowest BCUT2D eigenvalue weighted by Crippen LogP contribution is -2.60. The average molecular weight is 1420 g/mol. The minimum absolute atomic E-state index is 0.00632. The van der Waals surface area contributed by atoms with E-state index in [0.29, 0.717) is 52.7 Å². The Morgan fingerprint density at radius 1 is 0.553 bits per heavy atom. The lowest BCUT2D eigenvalue weighted by atomic mass is 10.0. The predicted octanol–water partition coefficient (Wildman–Crippen LogP) is -3.08. The number of unbranched alkanes of at least 4 members (excludes halogenated alkanes) is 1. The van der Waals surface area contributed by atoms with E-state index in [2.05, 4.69) is 53.2 Å². The summed E-state index contributed by atoms with van der Waals surface area (Å²) in [5.41, 5.74) is 29.9. The summed E-state index contributed by atoms with van der Waals surface area (Å²) in [6, 6.07) is 11.9. The van der Waals surface area contributed by atoms with E-state index in [4.69, 9.17) is 38.8 Å². The number of primary amides is 3. The molecule has 32 heteroatoms. The summed E-state index contributed by atoms with van der Waals surface area (Å²) in [6.07, 6.45) is -0.521. The van der Waals surface area contributed by atoms with Gasteiger partial charge in [-0.25, -0.2) is 0 Å². The second-order valence-electron chi connectivity index (χ2n) is 22.5. The van der Waals surface area contributed by atoms with Crippen molar-refractivity contribution in [3.05, 3.63) is 102 Å². The number of amides is 13. The van der Waals surface area contributed by atoms with Crippen LogP contribution < -0.4 is 86.6 Å². The lowest BCUT2D eigenvalue weighted by molar-refractivity contribution is -0.142. The molecule has 0 aliphatic carbocycles. The number of hydrogen-bond acceptors (Lipinski definition) is 16. The van der Waals surface area contributed by atoms with E-state index in [1.165, 1.54) is 14.0 Å². The number of likely N-dealkylation sites (tertiary alicyclic amines) is 1. The summed E-state index contributed by atoms with van der Waals surface area (Å²) in [5, 5.41) is 33.5. The molecule has 4 rings (SSSR count). The standard InChI is InChI=1S/C62H88IN17O14/c1-36(61(93)80-30-12-19-48(80)60(92)77-43(18-11-29-71-62(68)69)55(87)75-42(53(67)85)25-27-51(83)70-28-10-9-17-41(64)54(86)72-35-63)73-57(89)47(34-50(66)82)79-56(88)44(24-26-49(65)81)76-59(91)46(31-37-13-5-3-6-14-37)78-58(90)45(32-39-20-22-40(94-2)23-21-39)74-52(84)33-38-15-7-4-8-16-38/h3-8,13-16,20-23,36,41-48H,9-12,17-19,24-35,64H2,1-2H3,(H2,65,81)(H2,66,82)(H2,67,85)(H,70,83)(H,72,86)(H,73,89)(H,74,84)(H,75,87)(H,76,91)(H,77,92)(H,78,90)(H,79,88)(H4,68,69,71)/t36-,41-,42+,43-,44-,45+,46+,47+,48+/m1/s1. The van der Waals surface area contributed by atoms with Crippen LogP contribution in [0.4, 0.5) is 0 Å². The molecule has 0 unspecified atom stereocenters. The highest BCUT2D eigenvalue weighted by Crippen LogP contribution is 2.20. The highest BCUT2D eigenvalue weighted by Gasteiger charge is 2.40. The van der Waals surface area contributed by atoms with Crippen LogP contribution in [0.15, 0.2) is 84.9 Å². The molecule has 21 N–H and O–H groups in total. The molecular formula is C62H88IN17O14. The van der Waals surface area contributed by atoms with Crippen molar-refractivity contribution in [1.82, 2.24) is 58.1 Å². The molecule has 3 aromatic carbocycles. The number of rotatable bonds is 41. The molecule has 0 spiro atoms. The number of carbonyl (C=O) groups is 13. The van der Waals surface area contributed by atoms with Crippen LogP contribution in [0.2, 0.25) is 0 Å². The van der Waals surface area contributed by atoms with Crippen molar-refractivity contribution in [2.45, 2.75) is 158 Å². The molecule has 0 aromatic heterocycles. The summed E-state index contributed by atoms with van der Waals surface area (Å²) >= 11 is 1.99. The van der Waals surface area contributed by atoms with E-state index < -0.39 is 145 Å². The zero-order chi connectivity index (χ0) is 69.3. The van der Waals surface area contributed by atoms with Gasteiger partial charge in [-0.15, -0.1) is 0 Å². The first-order chi connectivity index (χ1) is 44.8. The van der Waals surface area contributed by atoms with Crippen molar-refractivity contribution in [2.75, 3.05) is 31.3 Å². The molecule has 1 heterocycles. The van der Waals surface area contributed by atoms with Crippen molar-refractivity contribution in [3.8, 4) is 5.75 Å². The summed E-state index contributed by atoms with van der Waals surface area (Å²) in [6.45, 7) is 1.63. The Labute approximate surface area is 558 Å². The summed E-state index contributed by atoms with van der Waals surface area (Å²) in [5.74, 6) is -10.3. The molecule has 0 radical (unpaired) electrons. The summed E-state index contributed by atoms with van der Waals surface area (Å²) in [4.78, 5) is 176. The summed E-state index contributed by atoms with van der Waals surface area (Å²) < 4.78 is 5.69. The molecule has 1 saturated heterocycles. The molecule has 94 heavy (non-hydrogen) atoms. The normalized spacial score (nSPS) is 15.0. The fourth-order valence-electron chi connectivity index (χ4n) is 10.0. The topological polar surface area (TPSA) is 509 Å². The van der Waals surface area contributed by atoms with Crippen LogP contribution in [0, 0.1) is 5.41 Å². The number of guanidine groups is 1. The van der Waals surface area contributed by atoms with Crippen LogP contribution in [-0.4, -0.2) is 173 Å². The van der Waals surface area contributed by atoms with Gasteiger partial charge in [0.15, 0.2) is 5.96 Å². The van der Waals surface area contributed by atoms with Gasteiger partial charge >= 0.3 is 0 Å². The monoisotopic (exact) mass is 1420 g/mol. The fraction of sp³-hybridized carbons (Fsp3) is 0.484. The first-order valence-corrected chi connectivity index (χ1v) is 32.2. The van der Waals surface area contributed by atoms with Gasteiger partial charge < -0.3 is 91.5 Å². The third-order valence-corrected chi connectivity index (χ3v) is 15.5. The Morgan fingerprint density at radius 3 is 1.67 bits per heavy atom.